The zero-order valence-electron chi connectivity index (χ0n) is 9.26. The molecular formula is C10H18O3Si. The second-order valence-electron chi connectivity index (χ2n) is 4.66. The molecule has 0 aliphatic rings. The third-order valence-electron chi connectivity index (χ3n) is 1.76. The number of hydrogen-bond donors (Lipinski definition) is 1. The molecule has 0 rings (SSSR count). The molecule has 1 unspecified atom stereocenters. The van der Waals surface area contributed by atoms with Crippen LogP contribution in [0.2, 0.25) is 25.7 Å². The van der Waals surface area contributed by atoms with E-state index in [2.05, 4.69) is 19.6 Å². The Balaban J connectivity index is 3.95. The molecule has 0 aromatic heterocycles. The van der Waals surface area contributed by atoms with Crippen LogP contribution in [0.4, 0.5) is 0 Å². The Kier molecular flexibility index (Phi) is 4.36. The van der Waals surface area contributed by atoms with Gasteiger partial charge in [-0.15, -0.1) is 6.42 Å². The highest BCUT2D eigenvalue weighted by atomic mass is 28.3. The normalized spacial score (nSPS) is 15.4. The summed E-state index contributed by atoms with van der Waals surface area (Å²) in [5.74, 6) is 1.24. The van der Waals surface area contributed by atoms with Crippen molar-refractivity contribution in [2.45, 2.75) is 38.2 Å². The predicted molar refractivity (Wildman–Crippen MR) is 58.6 cm³/mol. The zero-order chi connectivity index (χ0) is 11.4. The molecule has 3 nitrogen and oxygen atoms in total. The second kappa shape index (κ2) is 4.62. The zero-order valence-corrected chi connectivity index (χ0v) is 10.3. The number of esters is 1. The summed E-state index contributed by atoms with van der Waals surface area (Å²) < 4.78 is 4.88. The molecule has 0 aliphatic heterocycles. The van der Waals surface area contributed by atoms with Crippen LogP contribution in [0.25, 0.3) is 0 Å². The topological polar surface area (TPSA) is 46.5 Å². The number of ether oxygens (including phenoxy) is 1. The van der Waals surface area contributed by atoms with Gasteiger partial charge in [0.1, 0.15) is 0 Å². The standard InChI is InChI=1S/C10H18O3Si/c1-6-10(2,12)9(11)13-7-8-14(3,4)5/h1,12H,7-8H2,2-5H3. The number of hydrogen-bond acceptors (Lipinski definition) is 3. The first-order valence-electron chi connectivity index (χ1n) is 4.56. The third-order valence-corrected chi connectivity index (χ3v) is 3.47. The number of terminal acetylenes is 1. The lowest BCUT2D eigenvalue weighted by Crippen LogP contribution is -2.36. The first kappa shape index (κ1) is 13.2. The monoisotopic (exact) mass is 214 g/mol. The van der Waals surface area contributed by atoms with Crippen LogP contribution in [-0.4, -0.2) is 31.4 Å². The maximum absolute atomic E-state index is 11.2. The van der Waals surface area contributed by atoms with Gasteiger partial charge >= 0.3 is 5.97 Å². The molecule has 0 radical (unpaired) electrons. The van der Waals surface area contributed by atoms with Gasteiger partial charge in [0, 0.05) is 8.07 Å². The Morgan fingerprint density at radius 2 is 2.07 bits per heavy atom. The molecule has 1 N–H and O–H groups in total. The summed E-state index contributed by atoms with van der Waals surface area (Å²) in [7, 11) is -1.20. The van der Waals surface area contributed by atoms with E-state index < -0.39 is 19.6 Å². The maximum Gasteiger partial charge on any atom is 0.350 e. The summed E-state index contributed by atoms with van der Waals surface area (Å²) >= 11 is 0. The average Bonchev–Trinajstić information content (AvgIpc) is 2.02. The molecule has 0 heterocycles. The molecule has 14 heavy (non-hydrogen) atoms. The van der Waals surface area contributed by atoms with Crippen LogP contribution < -0.4 is 0 Å². The van der Waals surface area contributed by atoms with Crippen LogP contribution in [0.1, 0.15) is 6.92 Å². The minimum absolute atomic E-state index is 0.340. The predicted octanol–water partition coefficient (Wildman–Crippen LogP) is 1.25. The van der Waals surface area contributed by atoms with Crippen molar-refractivity contribution < 1.29 is 14.6 Å². The molecule has 0 aromatic carbocycles. The molecule has 4 heteroatoms. The SMILES string of the molecule is C#CC(C)(O)C(=O)OCC[Si](C)(C)C. The molecule has 0 aromatic rings. The number of carbonyl (C=O) groups is 1. The minimum Gasteiger partial charge on any atom is -0.463 e. The smallest absolute Gasteiger partial charge is 0.350 e. The Labute approximate surface area is 86.5 Å². The summed E-state index contributed by atoms with van der Waals surface area (Å²) in [4.78, 5) is 11.2. The fourth-order valence-electron chi connectivity index (χ4n) is 0.649. The van der Waals surface area contributed by atoms with Crippen molar-refractivity contribution >= 4 is 14.0 Å². The van der Waals surface area contributed by atoms with Crippen LogP contribution in [0.15, 0.2) is 0 Å². The first-order chi connectivity index (χ1) is 6.19. The van der Waals surface area contributed by atoms with Crippen molar-refractivity contribution in [2.24, 2.45) is 0 Å². The van der Waals surface area contributed by atoms with Gasteiger partial charge in [-0.25, -0.2) is 4.79 Å². The van der Waals surface area contributed by atoms with Gasteiger partial charge in [-0.1, -0.05) is 25.6 Å². The van der Waals surface area contributed by atoms with Crippen molar-refractivity contribution in [3.8, 4) is 12.3 Å². The van der Waals surface area contributed by atoms with Gasteiger partial charge < -0.3 is 9.84 Å². The number of rotatable bonds is 4. The van der Waals surface area contributed by atoms with Gasteiger partial charge in [0.05, 0.1) is 6.61 Å². The molecule has 0 fully saturated rings. The van der Waals surface area contributed by atoms with Crippen molar-refractivity contribution in [3.63, 3.8) is 0 Å². The van der Waals surface area contributed by atoms with Gasteiger partial charge in [0.15, 0.2) is 0 Å². The molecule has 0 aliphatic carbocycles. The van der Waals surface area contributed by atoms with Crippen molar-refractivity contribution in [2.75, 3.05) is 6.61 Å². The lowest BCUT2D eigenvalue weighted by Gasteiger charge is -2.18. The maximum atomic E-state index is 11.2. The van der Waals surface area contributed by atoms with Crippen molar-refractivity contribution in [1.82, 2.24) is 0 Å². The van der Waals surface area contributed by atoms with Crippen LogP contribution in [0.5, 0.6) is 0 Å². The van der Waals surface area contributed by atoms with Crippen LogP contribution >= 0.6 is 0 Å². The van der Waals surface area contributed by atoms with E-state index in [1.54, 1.807) is 0 Å². The van der Waals surface area contributed by atoms with Crippen molar-refractivity contribution in [3.05, 3.63) is 0 Å². The second-order valence-corrected chi connectivity index (χ2v) is 10.3. The molecule has 0 saturated carbocycles. The Morgan fingerprint density at radius 3 is 2.43 bits per heavy atom. The van der Waals surface area contributed by atoms with Crippen molar-refractivity contribution in [1.29, 1.82) is 0 Å². The molecule has 0 saturated heterocycles. The lowest BCUT2D eigenvalue weighted by atomic mass is 10.1. The van der Waals surface area contributed by atoms with Crippen LogP contribution in [-0.2, 0) is 9.53 Å². The average molecular weight is 214 g/mol. The van der Waals surface area contributed by atoms with Crippen LogP contribution in [0.3, 0.4) is 0 Å². The van der Waals surface area contributed by atoms with E-state index in [0.29, 0.717) is 6.61 Å². The summed E-state index contributed by atoms with van der Waals surface area (Å²) in [6.45, 7) is 8.14. The van der Waals surface area contributed by atoms with E-state index in [1.165, 1.54) is 6.92 Å². The van der Waals surface area contributed by atoms with Gasteiger partial charge in [0.25, 0.3) is 0 Å². The van der Waals surface area contributed by atoms with Crippen LogP contribution in [0, 0.1) is 12.3 Å². The van der Waals surface area contributed by atoms with Gasteiger partial charge in [-0.05, 0) is 13.0 Å². The largest absolute Gasteiger partial charge is 0.463 e. The molecule has 80 valence electrons. The van der Waals surface area contributed by atoms with Gasteiger partial charge in [0.2, 0.25) is 5.60 Å². The highest BCUT2D eigenvalue weighted by Crippen LogP contribution is 2.10. The fraction of sp³-hybridized carbons (Fsp3) is 0.700. The summed E-state index contributed by atoms with van der Waals surface area (Å²) in [5, 5.41) is 9.32. The molecular weight excluding hydrogens is 196 g/mol. The molecule has 0 amide bonds. The minimum atomic E-state index is -1.79. The van der Waals surface area contributed by atoms with Gasteiger partial charge in [-0.2, -0.15) is 0 Å². The van der Waals surface area contributed by atoms with E-state index in [1.807, 2.05) is 5.92 Å². The van der Waals surface area contributed by atoms with E-state index in [4.69, 9.17) is 11.2 Å². The Bertz CT molecular complexity index is 245. The lowest BCUT2D eigenvalue weighted by molar-refractivity contribution is -0.157. The highest BCUT2D eigenvalue weighted by molar-refractivity contribution is 6.76. The van der Waals surface area contributed by atoms with E-state index in [0.717, 1.165) is 6.04 Å². The molecule has 1 atom stereocenters. The summed E-state index contributed by atoms with van der Waals surface area (Å²) in [6, 6.07) is 0.874. The Hall–Kier alpha value is -0.793. The Morgan fingerprint density at radius 1 is 1.57 bits per heavy atom. The van der Waals surface area contributed by atoms with E-state index in [9.17, 15) is 9.90 Å². The summed E-state index contributed by atoms with van der Waals surface area (Å²) in [5.41, 5.74) is -1.79. The summed E-state index contributed by atoms with van der Waals surface area (Å²) in [6.07, 6.45) is 4.97. The van der Waals surface area contributed by atoms with E-state index >= 15 is 0 Å². The first-order valence-corrected chi connectivity index (χ1v) is 8.27. The highest BCUT2D eigenvalue weighted by Gasteiger charge is 2.29. The number of carbonyl (C=O) groups excluding carboxylic acids is 1. The molecule has 0 spiro atoms. The number of aliphatic hydroxyl groups is 1. The quantitative estimate of drug-likeness (QED) is 0.435. The van der Waals surface area contributed by atoms with E-state index in [-0.39, 0.29) is 0 Å². The van der Waals surface area contributed by atoms with Gasteiger partial charge in [-0.3, -0.25) is 0 Å². The molecule has 0 bridgehead atoms. The third kappa shape index (κ3) is 5.05. The fourth-order valence-corrected chi connectivity index (χ4v) is 1.36.